The summed E-state index contributed by atoms with van der Waals surface area (Å²) in [7, 11) is 1.50. The van der Waals surface area contributed by atoms with Crippen molar-refractivity contribution in [3.8, 4) is 0 Å². The second kappa shape index (κ2) is 3.97. The van der Waals surface area contributed by atoms with E-state index in [1.165, 1.54) is 13.2 Å². The molecule has 0 amide bonds. The number of hydrogen-bond donors (Lipinski definition) is 1. The number of aliphatic hydroxyl groups excluding tert-OH is 1. The molecule has 0 unspecified atom stereocenters. The number of rotatable bonds is 3. The number of fused-ring (bicyclic) bond motifs is 1. The molecule has 1 heterocycles. The second-order valence-corrected chi connectivity index (χ2v) is 3.87. The van der Waals surface area contributed by atoms with E-state index >= 15 is 0 Å². The van der Waals surface area contributed by atoms with Crippen LogP contribution >= 0.6 is 0 Å². The Hall–Kier alpha value is -1.23. The molecule has 1 N–H and O–H groups in total. The third-order valence-electron chi connectivity index (χ3n) is 3.01. The lowest BCUT2D eigenvalue weighted by Crippen LogP contribution is -2.37. The molecule has 0 bridgehead atoms. The van der Waals surface area contributed by atoms with Crippen LogP contribution in [0.15, 0.2) is 36.5 Å². The van der Waals surface area contributed by atoms with Crippen molar-refractivity contribution in [3.63, 3.8) is 0 Å². The highest BCUT2D eigenvalue weighted by molar-refractivity contribution is 5.98. The van der Waals surface area contributed by atoms with Crippen LogP contribution in [0.4, 0.5) is 0 Å². The minimum absolute atomic E-state index is 0.0679. The molecule has 0 aromatic carbocycles. The van der Waals surface area contributed by atoms with Gasteiger partial charge in [-0.15, -0.1) is 0 Å². The number of ether oxygens (including phenoxy) is 2. The Morgan fingerprint density at radius 2 is 2.50 bits per heavy atom. The van der Waals surface area contributed by atoms with Crippen molar-refractivity contribution < 1.29 is 19.4 Å². The number of hydrogen-bond acceptors (Lipinski definition) is 4. The van der Waals surface area contributed by atoms with Crippen molar-refractivity contribution in [2.45, 2.75) is 11.9 Å². The quantitative estimate of drug-likeness (QED) is 0.759. The van der Waals surface area contributed by atoms with Crippen molar-refractivity contribution in [1.29, 1.82) is 0 Å². The van der Waals surface area contributed by atoms with Gasteiger partial charge in [0.1, 0.15) is 5.60 Å². The third kappa shape index (κ3) is 1.38. The lowest BCUT2D eigenvalue weighted by molar-refractivity contribution is -0.147. The molecule has 1 saturated heterocycles. The van der Waals surface area contributed by atoms with Gasteiger partial charge in [-0.25, -0.2) is 0 Å². The number of ketones is 1. The van der Waals surface area contributed by atoms with Crippen LogP contribution in [0, 0.1) is 5.92 Å². The molecule has 1 aliphatic heterocycles. The van der Waals surface area contributed by atoms with Gasteiger partial charge >= 0.3 is 0 Å². The maximum atomic E-state index is 11.8. The molecular formula is C12H14O4. The smallest absolute Gasteiger partial charge is 0.181 e. The molecule has 0 saturated carbocycles. The standard InChI is InChI=1S/C12H14O4/c1-3-4-8-10-9(14)5-6-12(10,7-13)16-11(8)15-2/h3-6,10-11,13H,1,7H2,2H3/b8-4+/t10-,11+,12-/m1/s1. The van der Waals surface area contributed by atoms with Crippen LogP contribution < -0.4 is 0 Å². The fraction of sp³-hybridized carbons (Fsp3) is 0.417. The zero-order valence-electron chi connectivity index (χ0n) is 9.05. The Balaban J connectivity index is 2.44. The molecule has 4 nitrogen and oxygen atoms in total. The Bertz CT molecular complexity index is 382. The predicted octanol–water partition coefficient (Wildman–Crippen LogP) is 0.588. The predicted molar refractivity (Wildman–Crippen MR) is 57.6 cm³/mol. The van der Waals surface area contributed by atoms with Crippen molar-refractivity contribution in [2.24, 2.45) is 5.92 Å². The Morgan fingerprint density at radius 3 is 3.06 bits per heavy atom. The first-order valence-electron chi connectivity index (χ1n) is 5.05. The Kier molecular flexibility index (Phi) is 2.80. The number of aliphatic hydroxyl groups is 1. The first-order chi connectivity index (χ1) is 7.68. The van der Waals surface area contributed by atoms with E-state index in [2.05, 4.69) is 6.58 Å². The molecule has 2 rings (SSSR count). The number of allylic oxidation sites excluding steroid dienone is 3. The van der Waals surface area contributed by atoms with E-state index in [-0.39, 0.29) is 12.4 Å². The molecule has 1 aliphatic carbocycles. The van der Waals surface area contributed by atoms with Crippen LogP contribution in [0.25, 0.3) is 0 Å². The van der Waals surface area contributed by atoms with Gasteiger partial charge in [0, 0.05) is 7.11 Å². The van der Waals surface area contributed by atoms with Gasteiger partial charge in [0.25, 0.3) is 0 Å². The molecule has 0 spiro atoms. The van der Waals surface area contributed by atoms with Crippen LogP contribution in [0.5, 0.6) is 0 Å². The average Bonchev–Trinajstić information content (AvgIpc) is 2.77. The molecule has 0 aromatic rings. The largest absolute Gasteiger partial charge is 0.393 e. The molecule has 4 heteroatoms. The summed E-state index contributed by atoms with van der Waals surface area (Å²) in [6.07, 6.45) is 5.76. The summed E-state index contributed by atoms with van der Waals surface area (Å²) < 4.78 is 10.8. The summed E-state index contributed by atoms with van der Waals surface area (Å²) in [5.41, 5.74) is -0.242. The topological polar surface area (TPSA) is 55.8 Å². The van der Waals surface area contributed by atoms with Crippen molar-refractivity contribution in [2.75, 3.05) is 13.7 Å². The molecule has 3 atom stereocenters. The van der Waals surface area contributed by atoms with E-state index in [0.29, 0.717) is 5.57 Å². The second-order valence-electron chi connectivity index (χ2n) is 3.87. The Labute approximate surface area is 93.9 Å². The number of carbonyl (C=O) groups is 1. The van der Waals surface area contributed by atoms with Crippen LogP contribution in [-0.4, -0.2) is 36.5 Å². The molecular weight excluding hydrogens is 208 g/mol. The van der Waals surface area contributed by atoms with Gasteiger partial charge in [-0.3, -0.25) is 4.79 Å². The maximum Gasteiger partial charge on any atom is 0.181 e. The summed E-state index contributed by atoms with van der Waals surface area (Å²) >= 11 is 0. The van der Waals surface area contributed by atoms with Crippen LogP contribution in [-0.2, 0) is 14.3 Å². The fourth-order valence-electron chi connectivity index (χ4n) is 2.29. The minimum atomic E-state index is -0.952. The van der Waals surface area contributed by atoms with Crippen molar-refractivity contribution in [3.05, 3.63) is 36.5 Å². The van der Waals surface area contributed by atoms with Crippen LogP contribution in [0.3, 0.4) is 0 Å². The van der Waals surface area contributed by atoms with E-state index in [4.69, 9.17) is 9.47 Å². The van der Waals surface area contributed by atoms with Gasteiger partial charge in [0.2, 0.25) is 0 Å². The third-order valence-corrected chi connectivity index (χ3v) is 3.01. The van der Waals surface area contributed by atoms with Gasteiger partial charge in [0.15, 0.2) is 12.1 Å². The van der Waals surface area contributed by atoms with Crippen LogP contribution in [0.2, 0.25) is 0 Å². The van der Waals surface area contributed by atoms with Gasteiger partial charge in [0.05, 0.1) is 12.5 Å². The molecule has 86 valence electrons. The normalized spacial score (nSPS) is 39.4. The Morgan fingerprint density at radius 1 is 1.75 bits per heavy atom. The minimum Gasteiger partial charge on any atom is -0.393 e. The first-order valence-corrected chi connectivity index (χ1v) is 5.05. The zero-order valence-corrected chi connectivity index (χ0v) is 9.05. The summed E-state index contributed by atoms with van der Waals surface area (Å²) in [5, 5.41) is 9.41. The average molecular weight is 222 g/mol. The van der Waals surface area contributed by atoms with E-state index in [9.17, 15) is 9.90 Å². The van der Waals surface area contributed by atoms with Crippen molar-refractivity contribution in [1.82, 2.24) is 0 Å². The van der Waals surface area contributed by atoms with Crippen molar-refractivity contribution >= 4 is 5.78 Å². The molecule has 1 fully saturated rings. The fourth-order valence-corrected chi connectivity index (χ4v) is 2.29. The lowest BCUT2D eigenvalue weighted by Gasteiger charge is -2.23. The SMILES string of the molecule is C=C/C=C1/[C@@H](OC)O[C@@]2(CO)C=CC(=O)[C@@H]12. The van der Waals surface area contributed by atoms with Crippen LogP contribution in [0.1, 0.15) is 0 Å². The highest BCUT2D eigenvalue weighted by atomic mass is 16.7. The van der Waals surface area contributed by atoms with Gasteiger partial charge in [-0.05, 0) is 17.7 Å². The zero-order chi connectivity index (χ0) is 11.8. The lowest BCUT2D eigenvalue weighted by atomic mass is 9.86. The summed E-state index contributed by atoms with van der Waals surface area (Å²) in [6.45, 7) is 3.36. The van der Waals surface area contributed by atoms with E-state index in [1.807, 2.05) is 0 Å². The van der Waals surface area contributed by atoms with Gasteiger partial charge < -0.3 is 14.6 Å². The highest BCUT2D eigenvalue weighted by Gasteiger charge is 2.55. The van der Waals surface area contributed by atoms with E-state index in [0.717, 1.165) is 0 Å². The molecule has 2 aliphatic rings. The van der Waals surface area contributed by atoms with E-state index < -0.39 is 17.8 Å². The number of methoxy groups -OCH3 is 1. The molecule has 0 radical (unpaired) electrons. The summed E-state index contributed by atoms with van der Waals surface area (Å²) in [4.78, 5) is 11.8. The van der Waals surface area contributed by atoms with Gasteiger partial charge in [-0.1, -0.05) is 18.7 Å². The highest BCUT2D eigenvalue weighted by Crippen LogP contribution is 2.45. The number of carbonyl (C=O) groups excluding carboxylic acids is 1. The molecule has 0 aromatic heterocycles. The maximum absolute atomic E-state index is 11.8. The first kappa shape index (κ1) is 11.3. The monoisotopic (exact) mass is 222 g/mol. The van der Waals surface area contributed by atoms with Gasteiger partial charge in [-0.2, -0.15) is 0 Å². The summed E-state index contributed by atoms with van der Waals surface area (Å²) in [5.74, 6) is -0.554. The molecule has 16 heavy (non-hydrogen) atoms. The summed E-state index contributed by atoms with van der Waals surface area (Å²) in [6, 6.07) is 0. The van der Waals surface area contributed by atoms with E-state index in [1.54, 1.807) is 18.2 Å².